The highest BCUT2D eigenvalue weighted by atomic mass is 32.2. The molecule has 0 unspecified atom stereocenters. The Kier molecular flexibility index (Phi) is 8.17. The SMILES string of the molecule is c1ccc(-c2ccc(N(c3ccc(-c4ccccc4)cc3)c3ccc(-c4ccc5c(c4)Sc4ccccc4N5c4ccccc4)cc3)cc2)cc1. The summed E-state index contributed by atoms with van der Waals surface area (Å²) in [6.07, 6.45) is 0. The van der Waals surface area contributed by atoms with E-state index in [4.69, 9.17) is 0 Å². The summed E-state index contributed by atoms with van der Waals surface area (Å²) >= 11 is 1.84. The van der Waals surface area contributed by atoms with Crippen molar-refractivity contribution >= 4 is 45.9 Å². The number of nitrogens with zero attached hydrogens (tertiary/aromatic N) is 2. The maximum atomic E-state index is 2.37. The fourth-order valence-electron chi connectivity index (χ4n) is 6.91. The first-order chi connectivity index (χ1) is 25.3. The second kappa shape index (κ2) is 13.5. The van der Waals surface area contributed by atoms with E-state index in [0.29, 0.717) is 0 Å². The molecule has 0 aromatic heterocycles. The molecule has 0 saturated heterocycles. The van der Waals surface area contributed by atoms with Crippen molar-refractivity contribution < 1.29 is 0 Å². The summed E-state index contributed by atoms with van der Waals surface area (Å²) in [4.78, 5) is 7.22. The molecule has 0 N–H and O–H groups in total. The first-order valence-electron chi connectivity index (χ1n) is 17.3. The molecule has 8 aromatic rings. The van der Waals surface area contributed by atoms with Crippen LogP contribution in [-0.2, 0) is 0 Å². The zero-order valence-corrected chi connectivity index (χ0v) is 28.7. The molecule has 0 amide bonds. The second-order valence-electron chi connectivity index (χ2n) is 12.6. The van der Waals surface area contributed by atoms with Crippen molar-refractivity contribution in [1.29, 1.82) is 0 Å². The number of hydrogen-bond acceptors (Lipinski definition) is 3. The maximum absolute atomic E-state index is 2.37. The fraction of sp³-hybridized carbons (Fsp3) is 0. The molecule has 9 rings (SSSR count). The summed E-state index contributed by atoms with van der Waals surface area (Å²) in [6.45, 7) is 0. The van der Waals surface area contributed by atoms with Crippen LogP contribution in [0.25, 0.3) is 33.4 Å². The third-order valence-electron chi connectivity index (χ3n) is 9.47. The van der Waals surface area contributed by atoms with Crippen molar-refractivity contribution in [3.63, 3.8) is 0 Å². The lowest BCUT2D eigenvalue weighted by molar-refractivity contribution is 1.17. The van der Waals surface area contributed by atoms with Crippen molar-refractivity contribution in [2.75, 3.05) is 9.80 Å². The highest BCUT2D eigenvalue weighted by Crippen LogP contribution is 2.52. The monoisotopic (exact) mass is 670 g/mol. The number of para-hydroxylation sites is 2. The lowest BCUT2D eigenvalue weighted by Crippen LogP contribution is -2.14. The Hall–Kier alpha value is -6.29. The first kappa shape index (κ1) is 30.7. The molecule has 1 heterocycles. The van der Waals surface area contributed by atoms with E-state index in [1.807, 2.05) is 11.8 Å². The molecular weight excluding hydrogens is 637 g/mol. The van der Waals surface area contributed by atoms with Crippen LogP contribution >= 0.6 is 11.8 Å². The average molecular weight is 671 g/mol. The average Bonchev–Trinajstić information content (AvgIpc) is 3.21. The first-order valence-corrected chi connectivity index (χ1v) is 18.1. The maximum Gasteiger partial charge on any atom is 0.0602 e. The number of benzene rings is 8. The fourth-order valence-corrected chi connectivity index (χ4v) is 8.01. The molecule has 3 heteroatoms. The van der Waals surface area contributed by atoms with Gasteiger partial charge in [0.15, 0.2) is 0 Å². The predicted molar refractivity (Wildman–Crippen MR) is 216 cm³/mol. The van der Waals surface area contributed by atoms with E-state index in [0.717, 1.165) is 22.7 Å². The van der Waals surface area contributed by atoms with Gasteiger partial charge in [0, 0.05) is 32.5 Å². The topological polar surface area (TPSA) is 6.48 Å². The van der Waals surface area contributed by atoms with Gasteiger partial charge in [0.25, 0.3) is 0 Å². The van der Waals surface area contributed by atoms with Crippen molar-refractivity contribution in [2.45, 2.75) is 9.79 Å². The van der Waals surface area contributed by atoms with Gasteiger partial charge in [-0.15, -0.1) is 0 Å². The Labute approximate surface area is 303 Å². The van der Waals surface area contributed by atoms with Gasteiger partial charge in [0.1, 0.15) is 0 Å². The van der Waals surface area contributed by atoms with Gasteiger partial charge < -0.3 is 9.80 Å². The molecule has 51 heavy (non-hydrogen) atoms. The predicted octanol–water partition coefficient (Wildman–Crippen LogP) is 14.1. The van der Waals surface area contributed by atoms with Gasteiger partial charge >= 0.3 is 0 Å². The van der Waals surface area contributed by atoms with Crippen LogP contribution in [0.15, 0.2) is 216 Å². The smallest absolute Gasteiger partial charge is 0.0602 e. The van der Waals surface area contributed by atoms with Gasteiger partial charge in [-0.25, -0.2) is 0 Å². The third kappa shape index (κ3) is 6.09. The third-order valence-corrected chi connectivity index (χ3v) is 10.6. The minimum Gasteiger partial charge on any atom is -0.311 e. The number of anilines is 6. The van der Waals surface area contributed by atoms with Crippen LogP contribution in [0.1, 0.15) is 0 Å². The van der Waals surface area contributed by atoms with Crippen LogP contribution in [0.3, 0.4) is 0 Å². The Morgan fingerprint density at radius 2 is 0.706 bits per heavy atom. The van der Waals surface area contributed by atoms with Crippen LogP contribution in [0.2, 0.25) is 0 Å². The van der Waals surface area contributed by atoms with Crippen molar-refractivity contribution in [1.82, 2.24) is 0 Å². The van der Waals surface area contributed by atoms with Gasteiger partial charge in [-0.2, -0.15) is 0 Å². The standard InChI is InChI=1S/C48H34N2S/c1-4-12-35(13-5-1)37-20-27-42(28-21-37)49(43-29-22-38(23-30-43)36-14-6-2-7-15-36)44-31-24-39(25-32-44)40-26-33-46-48(34-40)51-47-19-11-10-18-45(47)50(46)41-16-8-3-9-17-41/h1-34H. The Morgan fingerprint density at radius 1 is 0.314 bits per heavy atom. The van der Waals surface area contributed by atoms with Crippen LogP contribution < -0.4 is 9.80 Å². The molecule has 8 aromatic carbocycles. The largest absolute Gasteiger partial charge is 0.311 e. The molecule has 0 radical (unpaired) electrons. The van der Waals surface area contributed by atoms with E-state index in [-0.39, 0.29) is 0 Å². The van der Waals surface area contributed by atoms with Crippen molar-refractivity contribution in [3.05, 3.63) is 206 Å². The normalized spacial score (nSPS) is 11.8. The van der Waals surface area contributed by atoms with Crippen LogP contribution in [-0.4, -0.2) is 0 Å². The zero-order chi connectivity index (χ0) is 34.0. The number of hydrogen-bond donors (Lipinski definition) is 0. The molecule has 1 aliphatic heterocycles. The molecule has 2 nitrogen and oxygen atoms in total. The summed E-state index contributed by atoms with van der Waals surface area (Å²) in [5, 5.41) is 0. The van der Waals surface area contributed by atoms with E-state index >= 15 is 0 Å². The van der Waals surface area contributed by atoms with E-state index in [2.05, 4.69) is 216 Å². The zero-order valence-electron chi connectivity index (χ0n) is 27.9. The Balaban J connectivity index is 1.07. The Bertz CT molecular complexity index is 2320. The minimum atomic E-state index is 1.11. The molecule has 0 fully saturated rings. The molecule has 0 atom stereocenters. The lowest BCUT2D eigenvalue weighted by Gasteiger charge is -2.33. The summed E-state index contributed by atoms with van der Waals surface area (Å²) in [6, 6.07) is 74.0. The number of rotatable bonds is 7. The summed E-state index contributed by atoms with van der Waals surface area (Å²) in [5.41, 5.74) is 14.1. The van der Waals surface area contributed by atoms with Crippen LogP contribution in [0.5, 0.6) is 0 Å². The Morgan fingerprint density at radius 3 is 1.24 bits per heavy atom. The molecule has 1 aliphatic rings. The highest BCUT2D eigenvalue weighted by molar-refractivity contribution is 7.99. The summed E-state index contributed by atoms with van der Waals surface area (Å²) < 4.78 is 0. The molecule has 0 aliphatic carbocycles. The quantitative estimate of drug-likeness (QED) is 0.167. The van der Waals surface area contributed by atoms with E-state index in [9.17, 15) is 0 Å². The van der Waals surface area contributed by atoms with Crippen molar-refractivity contribution in [2.24, 2.45) is 0 Å². The van der Waals surface area contributed by atoms with Gasteiger partial charge in [-0.05, 0) is 106 Å². The molecule has 242 valence electrons. The van der Waals surface area contributed by atoms with Gasteiger partial charge in [0.2, 0.25) is 0 Å². The highest BCUT2D eigenvalue weighted by Gasteiger charge is 2.25. The van der Waals surface area contributed by atoms with E-state index < -0.39 is 0 Å². The van der Waals surface area contributed by atoms with E-state index in [1.165, 1.54) is 54.5 Å². The molecular formula is C48H34N2S. The van der Waals surface area contributed by atoms with Gasteiger partial charge in [-0.3, -0.25) is 0 Å². The second-order valence-corrected chi connectivity index (χ2v) is 13.7. The molecule has 0 saturated carbocycles. The van der Waals surface area contributed by atoms with Crippen molar-refractivity contribution in [3.8, 4) is 33.4 Å². The minimum absolute atomic E-state index is 1.11. The molecule has 0 spiro atoms. The summed E-state index contributed by atoms with van der Waals surface area (Å²) in [5.74, 6) is 0. The van der Waals surface area contributed by atoms with Crippen LogP contribution in [0, 0.1) is 0 Å². The van der Waals surface area contributed by atoms with Gasteiger partial charge in [-0.1, -0.05) is 145 Å². The lowest BCUT2D eigenvalue weighted by atomic mass is 10.0. The van der Waals surface area contributed by atoms with Crippen LogP contribution in [0.4, 0.5) is 34.1 Å². The number of fused-ring (bicyclic) bond motifs is 2. The summed E-state index contributed by atoms with van der Waals surface area (Å²) in [7, 11) is 0. The van der Waals surface area contributed by atoms with E-state index in [1.54, 1.807) is 0 Å². The molecule has 0 bridgehead atoms. The van der Waals surface area contributed by atoms with Gasteiger partial charge in [0.05, 0.1) is 11.4 Å².